The van der Waals surface area contributed by atoms with Crippen LogP contribution in [0.25, 0.3) is 0 Å². The molecule has 2 saturated heterocycles. The number of hydrogen-bond acceptors (Lipinski definition) is 15. The fraction of sp³-hybridized carbons (Fsp3) is 0.867. The van der Waals surface area contributed by atoms with Crippen LogP contribution in [-0.4, -0.2) is 116 Å². The average Bonchev–Trinajstić information content (AvgIpc) is 2.68. The molecule has 0 bridgehead atoms. The molecule has 1 amide bonds. The number of hydrogen-bond donors (Lipinski definition) is 4. The molecule has 0 aromatic rings. The number of rotatable bonds is 8. The van der Waals surface area contributed by atoms with Gasteiger partial charge < -0.3 is 58.8 Å². The van der Waals surface area contributed by atoms with Crippen LogP contribution in [0.5, 0.6) is 0 Å². The highest BCUT2D eigenvalue weighted by Crippen LogP contribution is 2.31. The van der Waals surface area contributed by atoms with Gasteiger partial charge in [0.1, 0.15) is 42.7 Å². The van der Waals surface area contributed by atoms with Crippen LogP contribution >= 0.6 is 0 Å². The standard InChI is InChI=1S/C15H25NO15S/c1-4(17)16-5-9(8(20)15(30-13(5)27-3)31-32(23,24)25)28-14-7(19)6(18)10(26-2)11(29-14)12(21)22/h5-11,13-15,18-20H,1-3H3,(H,16,17)(H,21,22)(H,23,24,25)/p-2/t5?,6?,7?,8-,9?,10+,11-,13-,14-,15+/m1/s1. The number of carbonyl (C=O) groups excluding carboxylic acids is 2. The van der Waals surface area contributed by atoms with Crippen molar-refractivity contribution in [2.45, 2.75) is 68.5 Å². The number of aliphatic hydroxyl groups excluding tert-OH is 3. The molecule has 0 aromatic carbocycles. The predicted octanol–water partition coefficient (Wildman–Crippen LogP) is -5.75. The Morgan fingerprint density at radius 3 is 2.03 bits per heavy atom. The Kier molecular flexibility index (Phi) is 8.87. The molecular formula is C15H23NO15S-2. The number of carboxylic acids is 1. The van der Waals surface area contributed by atoms with Crippen molar-refractivity contribution in [3.05, 3.63) is 0 Å². The summed E-state index contributed by atoms with van der Waals surface area (Å²) in [5.41, 5.74) is 0. The molecule has 17 heteroatoms. The van der Waals surface area contributed by atoms with Crippen LogP contribution in [0.1, 0.15) is 6.92 Å². The first-order chi connectivity index (χ1) is 14.8. The van der Waals surface area contributed by atoms with Crippen molar-refractivity contribution in [1.82, 2.24) is 5.32 Å². The average molecular weight is 489 g/mol. The fourth-order valence-corrected chi connectivity index (χ4v) is 3.72. The monoisotopic (exact) mass is 489 g/mol. The fourth-order valence-electron chi connectivity index (χ4n) is 3.32. The van der Waals surface area contributed by atoms with Crippen molar-refractivity contribution < 1.29 is 70.9 Å². The Morgan fingerprint density at radius 1 is 0.938 bits per heavy atom. The van der Waals surface area contributed by atoms with Gasteiger partial charge >= 0.3 is 0 Å². The van der Waals surface area contributed by atoms with Gasteiger partial charge in [-0.05, 0) is 0 Å². The van der Waals surface area contributed by atoms with Gasteiger partial charge in [0.05, 0.1) is 5.97 Å². The number of aliphatic carboxylic acids is 1. The maximum atomic E-state index is 11.6. The third kappa shape index (κ3) is 6.08. The largest absolute Gasteiger partial charge is 0.725 e. The minimum atomic E-state index is -5.39. The van der Waals surface area contributed by atoms with Gasteiger partial charge in [0, 0.05) is 21.1 Å². The lowest BCUT2D eigenvalue weighted by molar-refractivity contribution is -0.371. The smallest absolute Gasteiger partial charge is 0.220 e. The predicted molar refractivity (Wildman–Crippen MR) is 91.4 cm³/mol. The summed E-state index contributed by atoms with van der Waals surface area (Å²) in [6, 6.07) is -1.41. The lowest BCUT2D eigenvalue weighted by atomic mass is 9.97. The van der Waals surface area contributed by atoms with Crippen molar-refractivity contribution in [2.24, 2.45) is 0 Å². The van der Waals surface area contributed by atoms with Gasteiger partial charge in [0.15, 0.2) is 12.6 Å². The Labute approximate surface area is 181 Å². The van der Waals surface area contributed by atoms with Gasteiger partial charge in [0.25, 0.3) is 0 Å². The van der Waals surface area contributed by atoms with Crippen molar-refractivity contribution in [3.8, 4) is 0 Å². The van der Waals surface area contributed by atoms with E-state index < -0.39 is 83.8 Å². The Hall–Kier alpha value is -1.51. The summed E-state index contributed by atoms with van der Waals surface area (Å²) in [5.74, 6) is -2.51. The summed E-state index contributed by atoms with van der Waals surface area (Å²) in [4.78, 5) is 23.0. The molecule has 4 N–H and O–H groups in total. The maximum absolute atomic E-state index is 11.6. The highest BCUT2D eigenvalue weighted by Gasteiger charge is 2.53. The van der Waals surface area contributed by atoms with Gasteiger partial charge in [-0.1, -0.05) is 0 Å². The first kappa shape index (κ1) is 26.7. The first-order valence-electron chi connectivity index (χ1n) is 8.99. The Morgan fingerprint density at radius 2 is 1.56 bits per heavy atom. The van der Waals surface area contributed by atoms with E-state index in [9.17, 15) is 43.0 Å². The van der Waals surface area contributed by atoms with Crippen LogP contribution < -0.4 is 10.4 Å². The highest BCUT2D eigenvalue weighted by atomic mass is 32.3. The zero-order valence-corrected chi connectivity index (χ0v) is 17.7. The molecule has 10 atom stereocenters. The molecule has 0 radical (unpaired) electrons. The van der Waals surface area contributed by atoms with Crippen molar-refractivity contribution in [1.29, 1.82) is 0 Å². The van der Waals surface area contributed by atoms with Gasteiger partial charge in [-0.2, -0.15) is 0 Å². The molecule has 4 unspecified atom stereocenters. The summed E-state index contributed by atoms with van der Waals surface area (Å²) >= 11 is 0. The van der Waals surface area contributed by atoms with Crippen molar-refractivity contribution in [2.75, 3.05) is 14.2 Å². The van der Waals surface area contributed by atoms with Crippen molar-refractivity contribution >= 4 is 22.3 Å². The van der Waals surface area contributed by atoms with Crippen LogP contribution in [0.15, 0.2) is 0 Å². The molecule has 0 saturated carbocycles. The highest BCUT2D eigenvalue weighted by molar-refractivity contribution is 7.80. The van der Waals surface area contributed by atoms with E-state index in [2.05, 4.69) is 9.50 Å². The number of carboxylic acid groups (broad SMARTS) is 1. The van der Waals surface area contributed by atoms with E-state index in [1.807, 2.05) is 0 Å². The second-order valence-electron chi connectivity index (χ2n) is 6.86. The SMILES string of the molecule is CO[C@@H]1O[C@@H](OS(=O)(=O)[O-])[C@H](O)C(O[C@@H]2O[C@@H](C(=O)[O-])[C@@H](OC)C(O)C2O)C1NC(C)=O. The van der Waals surface area contributed by atoms with E-state index in [4.69, 9.17) is 23.7 Å². The zero-order valence-electron chi connectivity index (χ0n) is 16.9. The lowest BCUT2D eigenvalue weighted by Gasteiger charge is -2.47. The summed E-state index contributed by atoms with van der Waals surface area (Å²) in [6.07, 6.45) is -16.8. The number of ether oxygens (including phenoxy) is 5. The summed E-state index contributed by atoms with van der Waals surface area (Å²) in [5, 5.41) is 44.7. The van der Waals surface area contributed by atoms with Crippen LogP contribution in [0.3, 0.4) is 0 Å². The first-order valence-corrected chi connectivity index (χ1v) is 10.3. The van der Waals surface area contributed by atoms with E-state index in [1.165, 1.54) is 0 Å². The lowest BCUT2D eigenvalue weighted by Crippen LogP contribution is -2.68. The minimum absolute atomic E-state index is 0.686. The number of amides is 1. The summed E-state index contributed by atoms with van der Waals surface area (Å²) < 4.78 is 62.4. The van der Waals surface area contributed by atoms with E-state index in [1.54, 1.807) is 0 Å². The maximum Gasteiger partial charge on any atom is 0.220 e. The van der Waals surface area contributed by atoms with Crippen LogP contribution in [-0.2, 0) is 47.9 Å². The molecule has 2 rings (SSSR count). The van der Waals surface area contributed by atoms with E-state index >= 15 is 0 Å². The zero-order chi connectivity index (χ0) is 24.4. The van der Waals surface area contributed by atoms with Gasteiger partial charge in [-0.15, -0.1) is 0 Å². The minimum Gasteiger partial charge on any atom is -0.725 e. The number of aliphatic hydroxyl groups is 3. The molecule has 2 aliphatic rings. The van der Waals surface area contributed by atoms with Gasteiger partial charge in [-0.3, -0.25) is 4.79 Å². The third-order valence-corrected chi connectivity index (χ3v) is 5.11. The second kappa shape index (κ2) is 10.6. The van der Waals surface area contributed by atoms with Crippen LogP contribution in [0.4, 0.5) is 0 Å². The number of nitrogens with one attached hydrogen (secondary N) is 1. The van der Waals surface area contributed by atoms with Crippen molar-refractivity contribution in [3.63, 3.8) is 0 Å². The molecule has 2 fully saturated rings. The molecule has 0 spiro atoms. The molecule has 0 aliphatic carbocycles. The second-order valence-corrected chi connectivity index (χ2v) is 7.87. The third-order valence-electron chi connectivity index (χ3n) is 4.69. The topological polar surface area (TPSA) is 242 Å². The Bertz CT molecular complexity index is 777. The summed E-state index contributed by atoms with van der Waals surface area (Å²) in [7, 11) is -3.27. The molecule has 2 aliphatic heterocycles. The van der Waals surface area contributed by atoms with Crippen LogP contribution in [0, 0.1) is 0 Å². The molecule has 16 nitrogen and oxygen atoms in total. The number of methoxy groups -OCH3 is 2. The van der Waals surface area contributed by atoms with Crippen LogP contribution in [0.2, 0.25) is 0 Å². The molecule has 186 valence electrons. The normalized spacial score (nSPS) is 40.6. The molecular weight excluding hydrogens is 466 g/mol. The molecule has 32 heavy (non-hydrogen) atoms. The van der Waals surface area contributed by atoms with Gasteiger partial charge in [-0.25, -0.2) is 12.6 Å². The molecule has 2 heterocycles. The summed E-state index contributed by atoms with van der Waals surface area (Å²) in [6.45, 7) is 1.08. The number of carbonyl (C=O) groups is 2. The van der Waals surface area contributed by atoms with E-state index in [0.717, 1.165) is 21.1 Å². The quantitative estimate of drug-likeness (QED) is 0.183. The van der Waals surface area contributed by atoms with E-state index in [-0.39, 0.29) is 0 Å². The Balaban J connectivity index is 2.37. The molecule has 0 aromatic heterocycles. The van der Waals surface area contributed by atoms with E-state index in [0.29, 0.717) is 0 Å². The van der Waals surface area contributed by atoms with Gasteiger partial charge in [0.2, 0.25) is 22.6 Å².